The summed E-state index contributed by atoms with van der Waals surface area (Å²) >= 11 is 0. The highest BCUT2D eigenvalue weighted by Crippen LogP contribution is 2.23. The number of hydrogen-bond donors (Lipinski definition) is 1. The fraction of sp³-hybridized carbons (Fsp3) is 0.208. The number of rotatable bonds is 5. The number of ether oxygens (including phenoxy) is 1. The van der Waals surface area contributed by atoms with Crippen LogP contribution in [0.4, 0.5) is 5.82 Å². The van der Waals surface area contributed by atoms with E-state index in [0.717, 1.165) is 58.1 Å². The average Bonchev–Trinajstić information content (AvgIpc) is 3.49. The number of H-pyrrole nitrogens is 1. The van der Waals surface area contributed by atoms with Gasteiger partial charge in [-0.15, -0.1) is 0 Å². The standard InChI is InChI=1S/C24H22N8O/c1-2-4-20-19(3-1)17(14-28-20)13-26-15-18-11-24(31-7-9-33-10-8-31)32-23(29-18)12-21(30-32)22-16-25-5-6-27-22/h1-6,11-14,16,28H,7-10,15H2. The van der Waals surface area contributed by atoms with Crippen LogP contribution in [0, 0.1) is 0 Å². The molecule has 0 unspecified atom stereocenters. The number of morpholine rings is 1. The Bertz CT molecular complexity index is 1430. The van der Waals surface area contributed by atoms with Crippen LogP contribution in [0.3, 0.4) is 0 Å². The van der Waals surface area contributed by atoms with E-state index in [1.807, 2.05) is 35.1 Å². The van der Waals surface area contributed by atoms with Crippen molar-refractivity contribution in [3.05, 3.63) is 72.4 Å². The summed E-state index contributed by atoms with van der Waals surface area (Å²) in [6.45, 7) is 3.46. The molecule has 164 valence electrons. The van der Waals surface area contributed by atoms with Crippen LogP contribution in [-0.4, -0.2) is 62.1 Å². The molecule has 0 aliphatic carbocycles. The zero-order valence-corrected chi connectivity index (χ0v) is 17.9. The lowest BCUT2D eigenvalue weighted by Crippen LogP contribution is -2.37. The molecule has 0 spiro atoms. The summed E-state index contributed by atoms with van der Waals surface area (Å²) in [5.74, 6) is 0.982. The van der Waals surface area contributed by atoms with Gasteiger partial charge in [0.25, 0.3) is 0 Å². The van der Waals surface area contributed by atoms with E-state index < -0.39 is 0 Å². The van der Waals surface area contributed by atoms with Gasteiger partial charge in [0.2, 0.25) is 0 Å². The van der Waals surface area contributed by atoms with Crippen molar-refractivity contribution in [3.8, 4) is 11.4 Å². The molecule has 0 radical (unpaired) electrons. The van der Waals surface area contributed by atoms with E-state index in [1.165, 1.54) is 0 Å². The third-order valence-electron chi connectivity index (χ3n) is 5.73. The Balaban J connectivity index is 1.36. The lowest BCUT2D eigenvalue weighted by Gasteiger charge is -2.29. The van der Waals surface area contributed by atoms with Gasteiger partial charge in [-0.25, -0.2) is 4.98 Å². The van der Waals surface area contributed by atoms with Gasteiger partial charge in [0.15, 0.2) is 5.65 Å². The monoisotopic (exact) mass is 438 g/mol. The van der Waals surface area contributed by atoms with Crippen LogP contribution in [0.2, 0.25) is 0 Å². The number of benzene rings is 1. The van der Waals surface area contributed by atoms with Crippen molar-refractivity contribution in [1.29, 1.82) is 0 Å². The molecule has 1 aromatic carbocycles. The Morgan fingerprint density at radius 2 is 2.00 bits per heavy atom. The van der Waals surface area contributed by atoms with Gasteiger partial charge in [0.1, 0.15) is 17.2 Å². The largest absolute Gasteiger partial charge is 0.378 e. The smallest absolute Gasteiger partial charge is 0.158 e. The zero-order chi connectivity index (χ0) is 22.0. The maximum atomic E-state index is 5.55. The molecular formula is C24H22N8O. The van der Waals surface area contributed by atoms with Crippen molar-refractivity contribution in [3.63, 3.8) is 0 Å². The van der Waals surface area contributed by atoms with Crippen LogP contribution in [0.15, 0.2) is 66.2 Å². The number of nitrogens with one attached hydrogen (secondary N) is 1. The van der Waals surface area contributed by atoms with Crippen LogP contribution in [0.25, 0.3) is 27.9 Å². The molecule has 1 fully saturated rings. The second kappa shape index (κ2) is 8.44. The van der Waals surface area contributed by atoms with Crippen molar-refractivity contribution in [1.82, 2.24) is 29.5 Å². The summed E-state index contributed by atoms with van der Waals surface area (Å²) < 4.78 is 7.42. The first-order valence-electron chi connectivity index (χ1n) is 10.9. The number of fused-ring (bicyclic) bond motifs is 2. The number of anilines is 1. The van der Waals surface area contributed by atoms with Gasteiger partial charge in [-0.05, 0) is 6.07 Å². The third-order valence-corrected chi connectivity index (χ3v) is 5.73. The predicted octanol–water partition coefficient (Wildman–Crippen LogP) is 3.12. The van der Waals surface area contributed by atoms with Crippen molar-refractivity contribution in [2.75, 3.05) is 31.2 Å². The highest BCUT2D eigenvalue weighted by Gasteiger charge is 2.18. The minimum atomic E-state index is 0.471. The molecule has 9 nitrogen and oxygen atoms in total. The summed E-state index contributed by atoms with van der Waals surface area (Å²) in [5.41, 5.74) is 5.26. The number of hydrogen-bond acceptors (Lipinski definition) is 7. The van der Waals surface area contributed by atoms with Gasteiger partial charge in [-0.2, -0.15) is 9.61 Å². The summed E-state index contributed by atoms with van der Waals surface area (Å²) in [4.78, 5) is 23.6. The molecular weight excluding hydrogens is 416 g/mol. The fourth-order valence-corrected chi connectivity index (χ4v) is 4.10. The molecule has 1 saturated heterocycles. The second-order valence-corrected chi connectivity index (χ2v) is 7.85. The highest BCUT2D eigenvalue weighted by atomic mass is 16.5. The molecule has 9 heteroatoms. The summed E-state index contributed by atoms with van der Waals surface area (Å²) in [6.07, 6.45) is 8.91. The maximum Gasteiger partial charge on any atom is 0.158 e. The van der Waals surface area contributed by atoms with Crippen molar-refractivity contribution < 1.29 is 4.74 Å². The lowest BCUT2D eigenvalue weighted by atomic mass is 10.2. The topological polar surface area (TPSA) is 96.6 Å². The lowest BCUT2D eigenvalue weighted by molar-refractivity contribution is 0.122. The molecule has 4 aromatic heterocycles. The van der Waals surface area contributed by atoms with Crippen LogP contribution >= 0.6 is 0 Å². The molecule has 5 heterocycles. The minimum Gasteiger partial charge on any atom is -0.378 e. The van der Waals surface area contributed by atoms with Crippen molar-refractivity contribution in [2.45, 2.75) is 6.54 Å². The highest BCUT2D eigenvalue weighted by molar-refractivity contribution is 5.98. The van der Waals surface area contributed by atoms with E-state index >= 15 is 0 Å². The Morgan fingerprint density at radius 3 is 2.88 bits per heavy atom. The molecule has 33 heavy (non-hydrogen) atoms. The first-order valence-corrected chi connectivity index (χ1v) is 10.9. The first kappa shape index (κ1) is 19.6. The van der Waals surface area contributed by atoms with E-state index in [9.17, 15) is 0 Å². The van der Waals surface area contributed by atoms with E-state index in [0.29, 0.717) is 19.8 Å². The fourth-order valence-electron chi connectivity index (χ4n) is 4.10. The molecule has 0 amide bonds. The van der Waals surface area contributed by atoms with Crippen LogP contribution in [-0.2, 0) is 11.3 Å². The maximum absolute atomic E-state index is 5.55. The number of aromatic amines is 1. The molecule has 5 aromatic rings. The number of aliphatic imine (C=N–C) groups is 1. The van der Waals surface area contributed by atoms with Gasteiger partial charge >= 0.3 is 0 Å². The normalized spacial score (nSPS) is 14.6. The summed E-state index contributed by atoms with van der Waals surface area (Å²) in [7, 11) is 0. The van der Waals surface area contributed by atoms with Gasteiger partial charge in [-0.1, -0.05) is 18.2 Å². The van der Waals surface area contributed by atoms with Crippen molar-refractivity contribution >= 4 is 28.6 Å². The third kappa shape index (κ3) is 3.83. The molecule has 1 N–H and O–H groups in total. The molecule has 6 rings (SSSR count). The Morgan fingerprint density at radius 1 is 1.09 bits per heavy atom. The van der Waals surface area contributed by atoms with Crippen LogP contribution in [0.5, 0.6) is 0 Å². The first-order chi connectivity index (χ1) is 16.3. The molecule has 1 aliphatic heterocycles. The Hall–Kier alpha value is -4.11. The van der Waals surface area contributed by atoms with Crippen LogP contribution in [0.1, 0.15) is 11.3 Å². The van der Waals surface area contributed by atoms with Gasteiger partial charge in [0.05, 0.1) is 31.6 Å². The summed E-state index contributed by atoms with van der Waals surface area (Å²) in [5, 5.41) is 5.94. The number of nitrogens with zero attached hydrogens (tertiary/aromatic N) is 7. The van der Waals surface area contributed by atoms with E-state index in [4.69, 9.17) is 14.8 Å². The van der Waals surface area contributed by atoms with E-state index in [-0.39, 0.29) is 0 Å². The molecule has 0 saturated carbocycles. The number of aromatic nitrogens is 6. The SMILES string of the molecule is C(=NCc1cc(N2CCOCC2)n2nc(-c3cnccn3)cc2n1)c1c[nH]c2ccccc12. The molecule has 0 atom stereocenters. The van der Waals surface area contributed by atoms with Gasteiger partial charge in [0, 0.05) is 66.5 Å². The van der Waals surface area contributed by atoms with E-state index in [2.05, 4.69) is 43.0 Å². The quantitative estimate of drug-likeness (QED) is 0.424. The van der Waals surface area contributed by atoms with Gasteiger partial charge in [-0.3, -0.25) is 15.0 Å². The van der Waals surface area contributed by atoms with Gasteiger partial charge < -0.3 is 14.6 Å². The molecule has 1 aliphatic rings. The Kier molecular flexibility index (Phi) is 5.00. The predicted molar refractivity (Wildman–Crippen MR) is 127 cm³/mol. The van der Waals surface area contributed by atoms with Crippen LogP contribution < -0.4 is 4.90 Å². The summed E-state index contributed by atoms with van der Waals surface area (Å²) in [6, 6.07) is 12.2. The van der Waals surface area contributed by atoms with E-state index in [1.54, 1.807) is 18.6 Å². The second-order valence-electron chi connectivity index (χ2n) is 7.85. The zero-order valence-electron chi connectivity index (χ0n) is 17.9. The van der Waals surface area contributed by atoms with Crippen molar-refractivity contribution in [2.24, 2.45) is 4.99 Å². The number of para-hydroxylation sites is 1. The Labute approximate surface area is 189 Å². The minimum absolute atomic E-state index is 0.471. The molecule has 0 bridgehead atoms. The average molecular weight is 438 g/mol.